The maximum Gasteiger partial charge on any atom is 0.317 e. The quantitative estimate of drug-likeness (QED) is 0.633. The lowest BCUT2D eigenvalue weighted by molar-refractivity contribution is -0.109. The molecule has 0 radical (unpaired) electrons. The van der Waals surface area contributed by atoms with Gasteiger partial charge in [-0.3, -0.25) is 9.69 Å². The summed E-state index contributed by atoms with van der Waals surface area (Å²) in [5.41, 5.74) is 2.86. The Bertz CT molecular complexity index is 691. The third-order valence-corrected chi connectivity index (χ3v) is 7.19. The molecule has 3 rings (SSSR count). The minimum Gasteiger partial charge on any atom is -0.337 e. The number of nitrogens with one attached hydrogen (secondary N) is 1. The van der Waals surface area contributed by atoms with E-state index in [1.165, 1.54) is 55.0 Å². The number of amides is 2. The first-order chi connectivity index (χ1) is 14.6. The summed E-state index contributed by atoms with van der Waals surface area (Å²) in [4.78, 5) is 28.5. The molecular weight excluding hydrogens is 394 g/mol. The van der Waals surface area contributed by atoms with E-state index in [-0.39, 0.29) is 11.1 Å². The van der Waals surface area contributed by atoms with Crippen molar-refractivity contribution in [2.75, 3.05) is 38.5 Å². The van der Waals surface area contributed by atoms with Gasteiger partial charge in [-0.25, -0.2) is 4.79 Å². The van der Waals surface area contributed by atoms with E-state index < -0.39 is 0 Å². The fourth-order valence-electron chi connectivity index (χ4n) is 4.61. The van der Waals surface area contributed by atoms with Crippen LogP contribution in [0.2, 0.25) is 0 Å². The van der Waals surface area contributed by atoms with Crippen LogP contribution in [0.4, 0.5) is 4.79 Å². The molecule has 1 aliphatic carbocycles. The van der Waals surface area contributed by atoms with Crippen molar-refractivity contribution in [3.63, 3.8) is 0 Å². The predicted octanol–water partition coefficient (Wildman–Crippen LogP) is 4.31. The van der Waals surface area contributed by atoms with E-state index in [1.54, 1.807) is 6.92 Å². The molecule has 1 saturated carbocycles. The standard InChI is InChI=1S/C24H37N3O2S/c1-20(28)30-18-17-27(15-11-21-7-3-2-4-8-21)24(29)25-13-16-26-14-12-22-9-5-6-10-23(22)19-26/h5-6,9-10,21H,2-4,7-8,11-19H2,1H3,(H,25,29). The maximum atomic E-state index is 12.8. The molecule has 30 heavy (non-hydrogen) atoms. The number of hydrogen-bond donors (Lipinski definition) is 1. The molecule has 0 atom stereocenters. The molecule has 0 saturated heterocycles. The lowest BCUT2D eigenvalue weighted by Crippen LogP contribution is -2.45. The molecular formula is C24H37N3O2S. The van der Waals surface area contributed by atoms with Crippen LogP contribution in [-0.4, -0.2) is 59.4 Å². The molecule has 1 N–H and O–H groups in total. The molecule has 2 amide bonds. The van der Waals surface area contributed by atoms with Crippen LogP contribution in [0.1, 0.15) is 56.6 Å². The van der Waals surface area contributed by atoms with Crippen LogP contribution in [0.3, 0.4) is 0 Å². The molecule has 2 aliphatic rings. The molecule has 0 aromatic heterocycles. The third-order valence-electron chi connectivity index (χ3n) is 6.40. The van der Waals surface area contributed by atoms with Crippen LogP contribution in [-0.2, 0) is 17.8 Å². The van der Waals surface area contributed by atoms with Gasteiger partial charge in [-0.05, 0) is 29.9 Å². The smallest absolute Gasteiger partial charge is 0.317 e. The average molecular weight is 432 g/mol. The first-order valence-corrected chi connectivity index (χ1v) is 12.6. The van der Waals surface area contributed by atoms with E-state index >= 15 is 0 Å². The number of benzene rings is 1. The Morgan fingerprint density at radius 3 is 2.67 bits per heavy atom. The summed E-state index contributed by atoms with van der Waals surface area (Å²) in [7, 11) is 0. The molecule has 1 aromatic rings. The summed E-state index contributed by atoms with van der Waals surface area (Å²) >= 11 is 1.31. The molecule has 1 aliphatic heterocycles. The van der Waals surface area contributed by atoms with Crippen LogP contribution in [0.25, 0.3) is 0 Å². The van der Waals surface area contributed by atoms with Crippen molar-refractivity contribution in [2.24, 2.45) is 5.92 Å². The zero-order valence-corrected chi connectivity index (χ0v) is 19.2. The molecule has 1 aromatic carbocycles. The van der Waals surface area contributed by atoms with E-state index in [0.29, 0.717) is 18.8 Å². The van der Waals surface area contributed by atoms with Crippen LogP contribution in [0.15, 0.2) is 24.3 Å². The van der Waals surface area contributed by atoms with E-state index in [2.05, 4.69) is 34.5 Å². The second-order valence-electron chi connectivity index (χ2n) is 8.65. The monoisotopic (exact) mass is 431 g/mol. The van der Waals surface area contributed by atoms with Gasteiger partial charge in [0, 0.05) is 51.9 Å². The second-order valence-corrected chi connectivity index (χ2v) is 9.92. The predicted molar refractivity (Wildman–Crippen MR) is 125 cm³/mol. The van der Waals surface area contributed by atoms with Gasteiger partial charge in [0.25, 0.3) is 0 Å². The fourth-order valence-corrected chi connectivity index (χ4v) is 5.21. The molecule has 5 nitrogen and oxygen atoms in total. The molecule has 1 heterocycles. The van der Waals surface area contributed by atoms with Gasteiger partial charge in [-0.15, -0.1) is 0 Å². The maximum absolute atomic E-state index is 12.8. The Hall–Kier alpha value is -1.53. The van der Waals surface area contributed by atoms with E-state index in [9.17, 15) is 9.59 Å². The number of nitrogens with zero attached hydrogens (tertiary/aromatic N) is 2. The van der Waals surface area contributed by atoms with Crippen molar-refractivity contribution >= 4 is 22.9 Å². The van der Waals surface area contributed by atoms with Crippen LogP contribution in [0, 0.1) is 5.92 Å². The summed E-state index contributed by atoms with van der Waals surface area (Å²) in [6.45, 7) is 6.58. The lowest BCUT2D eigenvalue weighted by atomic mass is 9.87. The highest BCUT2D eigenvalue weighted by molar-refractivity contribution is 8.13. The number of fused-ring (bicyclic) bond motifs is 1. The highest BCUT2D eigenvalue weighted by Crippen LogP contribution is 2.26. The van der Waals surface area contributed by atoms with E-state index in [1.807, 2.05) is 4.90 Å². The van der Waals surface area contributed by atoms with Gasteiger partial charge >= 0.3 is 6.03 Å². The Balaban J connectivity index is 1.42. The summed E-state index contributed by atoms with van der Waals surface area (Å²) in [6.07, 6.45) is 8.78. The highest BCUT2D eigenvalue weighted by Gasteiger charge is 2.19. The first-order valence-electron chi connectivity index (χ1n) is 11.6. The van der Waals surface area contributed by atoms with Crippen molar-refractivity contribution in [1.82, 2.24) is 15.1 Å². The average Bonchev–Trinajstić information content (AvgIpc) is 2.76. The van der Waals surface area contributed by atoms with Gasteiger partial charge in [0.15, 0.2) is 5.12 Å². The molecule has 6 heteroatoms. The summed E-state index contributed by atoms with van der Waals surface area (Å²) < 4.78 is 0. The summed E-state index contributed by atoms with van der Waals surface area (Å²) in [5, 5.41) is 3.25. The van der Waals surface area contributed by atoms with Gasteiger partial charge in [0.1, 0.15) is 0 Å². The van der Waals surface area contributed by atoms with Crippen molar-refractivity contribution in [3.8, 4) is 0 Å². The molecule has 0 unspecified atom stereocenters. The zero-order valence-electron chi connectivity index (χ0n) is 18.4. The van der Waals surface area contributed by atoms with E-state index in [0.717, 1.165) is 44.9 Å². The molecule has 0 bridgehead atoms. The van der Waals surface area contributed by atoms with Crippen LogP contribution in [0.5, 0.6) is 0 Å². The first kappa shape index (κ1) is 23.1. The number of urea groups is 1. The number of thioether (sulfide) groups is 1. The lowest BCUT2D eigenvalue weighted by Gasteiger charge is -2.30. The fraction of sp³-hybridized carbons (Fsp3) is 0.667. The number of carbonyl (C=O) groups excluding carboxylic acids is 2. The zero-order chi connectivity index (χ0) is 21.2. The number of rotatable bonds is 9. The van der Waals surface area contributed by atoms with Crippen molar-refractivity contribution in [3.05, 3.63) is 35.4 Å². The van der Waals surface area contributed by atoms with Crippen molar-refractivity contribution in [1.29, 1.82) is 0 Å². The normalized spacial score (nSPS) is 17.4. The molecule has 0 spiro atoms. The Morgan fingerprint density at radius 2 is 1.90 bits per heavy atom. The Labute approximate surface area is 186 Å². The van der Waals surface area contributed by atoms with E-state index in [4.69, 9.17) is 0 Å². The Kier molecular flexibility index (Phi) is 9.53. The number of hydrogen-bond acceptors (Lipinski definition) is 4. The van der Waals surface area contributed by atoms with Crippen LogP contribution >= 0.6 is 11.8 Å². The molecule has 1 fully saturated rings. The van der Waals surface area contributed by atoms with Gasteiger partial charge in [0.05, 0.1) is 0 Å². The third kappa shape index (κ3) is 7.62. The van der Waals surface area contributed by atoms with Gasteiger partial charge in [-0.2, -0.15) is 0 Å². The van der Waals surface area contributed by atoms with Gasteiger partial charge in [-0.1, -0.05) is 68.1 Å². The SMILES string of the molecule is CC(=O)SCCN(CCC1CCCCC1)C(=O)NCCN1CCc2ccccc2C1. The van der Waals surface area contributed by atoms with Gasteiger partial charge < -0.3 is 10.2 Å². The number of carbonyl (C=O) groups is 2. The van der Waals surface area contributed by atoms with Crippen LogP contribution < -0.4 is 5.32 Å². The van der Waals surface area contributed by atoms with Crippen molar-refractivity contribution in [2.45, 2.75) is 58.4 Å². The highest BCUT2D eigenvalue weighted by atomic mass is 32.2. The summed E-state index contributed by atoms with van der Waals surface area (Å²) in [6, 6.07) is 8.67. The molecule has 166 valence electrons. The van der Waals surface area contributed by atoms with Gasteiger partial charge in [0.2, 0.25) is 0 Å². The topological polar surface area (TPSA) is 52.7 Å². The largest absolute Gasteiger partial charge is 0.337 e. The minimum absolute atomic E-state index is 0.0207. The summed E-state index contributed by atoms with van der Waals surface area (Å²) in [5.74, 6) is 1.43. The Morgan fingerprint density at radius 1 is 1.13 bits per heavy atom. The minimum atomic E-state index is 0.0207. The van der Waals surface area contributed by atoms with Crippen molar-refractivity contribution < 1.29 is 9.59 Å². The second kappa shape index (κ2) is 12.4.